The number of rotatable bonds is 7. The Morgan fingerprint density at radius 3 is 2.78 bits per heavy atom. The molecule has 0 aromatic heterocycles. The Kier molecular flexibility index (Phi) is 6.00. The first-order valence-electron chi connectivity index (χ1n) is 8.61. The van der Waals surface area contributed by atoms with Crippen LogP contribution in [-0.2, 0) is 14.3 Å². The van der Waals surface area contributed by atoms with Crippen molar-refractivity contribution in [1.29, 1.82) is 0 Å². The van der Waals surface area contributed by atoms with Gasteiger partial charge in [0.15, 0.2) is 0 Å². The van der Waals surface area contributed by atoms with Crippen LogP contribution in [0.2, 0.25) is 0 Å². The second-order valence-corrected chi connectivity index (χ2v) is 7.72. The maximum Gasteiger partial charge on any atom is 0.232 e. The molecule has 1 atom stereocenters. The number of morpholine rings is 1. The molecule has 3 rings (SSSR count). The molecule has 1 saturated carbocycles. The Labute approximate surface area is 142 Å². The number of hydrogen-bond donors (Lipinski definition) is 1. The highest BCUT2D eigenvalue weighted by Gasteiger charge is 2.30. The summed E-state index contributed by atoms with van der Waals surface area (Å²) in [6, 6.07) is 0.109. The van der Waals surface area contributed by atoms with Gasteiger partial charge in [0, 0.05) is 19.0 Å². The number of ether oxygens (including phenoxy) is 1. The summed E-state index contributed by atoms with van der Waals surface area (Å²) in [7, 11) is 0. The van der Waals surface area contributed by atoms with Crippen molar-refractivity contribution in [2.24, 2.45) is 5.92 Å². The number of hydrogen-bond acceptors (Lipinski definition) is 4. The molecule has 3 aliphatic rings. The predicted molar refractivity (Wildman–Crippen MR) is 91.3 cm³/mol. The molecule has 0 bridgehead atoms. The molecule has 1 saturated heterocycles. The van der Waals surface area contributed by atoms with Gasteiger partial charge in [-0.15, -0.1) is 0 Å². The summed E-state index contributed by atoms with van der Waals surface area (Å²) < 4.78 is 5.49. The zero-order valence-corrected chi connectivity index (χ0v) is 14.4. The van der Waals surface area contributed by atoms with Gasteiger partial charge in [-0.1, -0.05) is 12.2 Å². The first kappa shape index (κ1) is 16.8. The highest BCUT2D eigenvalue weighted by molar-refractivity contribution is 7.99. The van der Waals surface area contributed by atoms with Gasteiger partial charge < -0.3 is 15.0 Å². The second-order valence-electron chi connectivity index (χ2n) is 6.69. The molecule has 1 N–H and O–H groups in total. The third-order valence-corrected chi connectivity index (χ3v) is 5.78. The SMILES string of the molecule is O=C(CC1COCCN1C(=O)CSCC1CC1)NC1CC=CC1. The molecule has 2 amide bonds. The zero-order valence-electron chi connectivity index (χ0n) is 13.5. The lowest BCUT2D eigenvalue weighted by molar-refractivity contribution is -0.139. The molecule has 0 aromatic carbocycles. The van der Waals surface area contributed by atoms with Gasteiger partial charge in [-0.05, 0) is 37.4 Å². The normalized spacial score (nSPS) is 24.9. The van der Waals surface area contributed by atoms with E-state index in [1.54, 1.807) is 11.8 Å². The predicted octanol–water partition coefficient (Wildman–Crippen LogP) is 1.58. The minimum atomic E-state index is -0.118. The first-order chi connectivity index (χ1) is 11.2. The standard InChI is InChI=1S/C17H26N2O3S/c20-16(18-14-3-1-2-4-14)9-15-10-22-8-7-19(15)17(21)12-23-11-13-5-6-13/h1-2,13-15H,3-12H2,(H,18,20). The fraction of sp³-hybridized carbons (Fsp3) is 0.765. The maximum atomic E-state index is 12.4. The molecule has 1 heterocycles. The van der Waals surface area contributed by atoms with Gasteiger partial charge in [0.1, 0.15) is 0 Å². The van der Waals surface area contributed by atoms with Crippen molar-refractivity contribution in [1.82, 2.24) is 10.2 Å². The number of thioether (sulfide) groups is 1. The third kappa shape index (κ3) is 5.24. The van der Waals surface area contributed by atoms with Crippen molar-refractivity contribution < 1.29 is 14.3 Å². The average molecular weight is 338 g/mol. The molecule has 1 aliphatic heterocycles. The van der Waals surface area contributed by atoms with Gasteiger partial charge in [0.25, 0.3) is 0 Å². The topological polar surface area (TPSA) is 58.6 Å². The van der Waals surface area contributed by atoms with Gasteiger partial charge >= 0.3 is 0 Å². The monoisotopic (exact) mass is 338 g/mol. The van der Waals surface area contributed by atoms with Crippen molar-refractivity contribution in [3.8, 4) is 0 Å². The van der Waals surface area contributed by atoms with Crippen LogP contribution in [0.4, 0.5) is 0 Å². The molecular weight excluding hydrogens is 312 g/mol. The smallest absolute Gasteiger partial charge is 0.232 e. The van der Waals surface area contributed by atoms with Crippen LogP contribution in [0, 0.1) is 5.92 Å². The van der Waals surface area contributed by atoms with Gasteiger partial charge in [-0.3, -0.25) is 9.59 Å². The Bertz CT molecular complexity index is 457. The Balaban J connectivity index is 1.44. The van der Waals surface area contributed by atoms with Gasteiger partial charge in [-0.25, -0.2) is 0 Å². The molecule has 128 valence electrons. The van der Waals surface area contributed by atoms with Crippen LogP contribution < -0.4 is 5.32 Å². The van der Waals surface area contributed by atoms with Gasteiger partial charge in [0.05, 0.1) is 25.0 Å². The molecule has 5 nitrogen and oxygen atoms in total. The number of amides is 2. The van der Waals surface area contributed by atoms with Crippen molar-refractivity contribution in [3.05, 3.63) is 12.2 Å². The van der Waals surface area contributed by atoms with Gasteiger partial charge in [-0.2, -0.15) is 11.8 Å². The molecule has 1 unspecified atom stereocenters. The molecule has 2 aliphatic carbocycles. The maximum absolute atomic E-state index is 12.4. The third-order valence-electron chi connectivity index (χ3n) is 4.62. The minimum absolute atomic E-state index is 0.0256. The van der Waals surface area contributed by atoms with Gasteiger partial charge in [0.2, 0.25) is 11.8 Å². The van der Waals surface area contributed by atoms with E-state index in [-0.39, 0.29) is 23.9 Å². The van der Waals surface area contributed by atoms with Crippen LogP contribution in [0.3, 0.4) is 0 Å². The summed E-state index contributed by atoms with van der Waals surface area (Å²) in [6.07, 6.45) is 8.99. The van der Waals surface area contributed by atoms with E-state index >= 15 is 0 Å². The van der Waals surface area contributed by atoms with E-state index in [0.717, 1.165) is 24.5 Å². The lowest BCUT2D eigenvalue weighted by atomic mass is 10.1. The lowest BCUT2D eigenvalue weighted by Crippen LogP contribution is -2.51. The van der Waals surface area contributed by atoms with E-state index in [9.17, 15) is 9.59 Å². The quantitative estimate of drug-likeness (QED) is 0.716. The summed E-state index contributed by atoms with van der Waals surface area (Å²) in [5.74, 6) is 2.63. The molecule has 0 aromatic rings. The zero-order chi connectivity index (χ0) is 16.1. The van der Waals surface area contributed by atoms with Crippen molar-refractivity contribution >= 4 is 23.6 Å². The molecule has 2 fully saturated rings. The molecule has 0 radical (unpaired) electrons. The first-order valence-corrected chi connectivity index (χ1v) is 9.77. The van der Waals surface area contributed by atoms with Crippen molar-refractivity contribution in [2.45, 2.75) is 44.2 Å². The van der Waals surface area contributed by atoms with Crippen LogP contribution in [0.25, 0.3) is 0 Å². The second kappa shape index (κ2) is 8.20. The molecule has 0 spiro atoms. The molecular formula is C17H26N2O3S. The molecule has 6 heteroatoms. The number of nitrogens with zero attached hydrogens (tertiary/aromatic N) is 1. The number of carbonyl (C=O) groups excluding carboxylic acids is 2. The average Bonchev–Trinajstić information content (AvgIpc) is 3.22. The van der Waals surface area contributed by atoms with E-state index in [0.29, 0.717) is 31.9 Å². The summed E-state index contributed by atoms with van der Waals surface area (Å²) in [5.41, 5.74) is 0. The van der Waals surface area contributed by atoms with Crippen LogP contribution >= 0.6 is 11.8 Å². The highest BCUT2D eigenvalue weighted by atomic mass is 32.2. The van der Waals surface area contributed by atoms with E-state index in [1.165, 1.54) is 12.8 Å². The van der Waals surface area contributed by atoms with Crippen molar-refractivity contribution in [3.63, 3.8) is 0 Å². The Hall–Kier alpha value is -1.01. The van der Waals surface area contributed by atoms with Crippen LogP contribution in [0.1, 0.15) is 32.1 Å². The minimum Gasteiger partial charge on any atom is -0.377 e. The Morgan fingerprint density at radius 2 is 2.04 bits per heavy atom. The fourth-order valence-electron chi connectivity index (χ4n) is 3.07. The lowest BCUT2D eigenvalue weighted by Gasteiger charge is -2.35. The van der Waals surface area contributed by atoms with E-state index in [4.69, 9.17) is 4.74 Å². The summed E-state index contributed by atoms with van der Waals surface area (Å²) in [4.78, 5) is 26.5. The van der Waals surface area contributed by atoms with E-state index < -0.39 is 0 Å². The van der Waals surface area contributed by atoms with Crippen LogP contribution in [-0.4, -0.2) is 60.1 Å². The van der Waals surface area contributed by atoms with Crippen LogP contribution in [0.5, 0.6) is 0 Å². The number of carbonyl (C=O) groups is 2. The highest BCUT2D eigenvalue weighted by Crippen LogP contribution is 2.32. The van der Waals surface area contributed by atoms with E-state index in [2.05, 4.69) is 17.5 Å². The summed E-state index contributed by atoms with van der Waals surface area (Å²) >= 11 is 1.73. The van der Waals surface area contributed by atoms with Crippen LogP contribution in [0.15, 0.2) is 12.2 Å². The van der Waals surface area contributed by atoms with E-state index in [1.807, 2.05) is 4.90 Å². The van der Waals surface area contributed by atoms with Crippen molar-refractivity contribution in [2.75, 3.05) is 31.3 Å². The largest absolute Gasteiger partial charge is 0.377 e. The molecule has 23 heavy (non-hydrogen) atoms. The summed E-state index contributed by atoms with van der Waals surface area (Å²) in [5, 5.41) is 3.05. The fourth-order valence-corrected chi connectivity index (χ4v) is 4.19. The summed E-state index contributed by atoms with van der Waals surface area (Å²) in [6.45, 7) is 1.64. The number of nitrogens with one attached hydrogen (secondary N) is 1. The Morgan fingerprint density at radius 1 is 1.26 bits per heavy atom.